The summed E-state index contributed by atoms with van der Waals surface area (Å²) in [6.45, 7) is 0.473. The molecule has 0 aliphatic rings. The SMILES string of the molecule is O=C(NC(Cc1ccncc1)C(=O)O)c1ccc2cc(OCc3ccccc3)ccc2c1. The maximum absolute atomic E-state index is 12.7. The number of benzene rings is 3. The molecular weight excluding hydrogens is 404 g/mol. The third-order valence-corrected chi connectivity index (χ3v) is 5.11. The number of carbonyl (C=O) groups excluding carboxylic acids is 1. The van der Waals surface area contributed by atoms with E-state index in [0.717, 1.165) is 27.6 Å². The van der Waals surface area contributed by atoms with Gasteiger partial charge in [-0.15, -0.1) is 0 Å². The van der Waals surface area contributed by atoms with Crippen molar-refractivity contribution < 1.29 is 19.4 Å². The molecule has 1 atom stereocenters. The Morgan fingerprint density at radius 3 is 2.34 bits per heavy atom. The van der Waals surface area contributed by atoms with Gasteiger partial charge >= 0.3 is 5.97 Å². The topological polar surface area (TPSA) is 88.5 Å². The van der Waals surface area contributed by atoms with Crippen LogP contribution in [0.25, 0.3) is 10.8 Å². The third-order valence-electron chi connectivity index (χ3n) is 5.11. The van der Waals surface area contributed by atoms with Gasteiger partial charge in [0.15, 0.2) is 0 Å². The van der Waals surface area contributed by atoms with Crippen molar-refractivity contribution >= 4 is 22.6 Å². The van der Waals surface area contributed by atoms with E-state index in [1.165, 1.54) is 0 Å². The first-order valence-electron chi connectivity index (χ1n) is 10.2. The van der Waals surface area contributed by atoms with E-state index in [1.54, 1.807) is 36.7 Å². The van der Waals surface area contributed by atoms with E-state index < -0.39 is 17.9 Å². The number of carboxylic acid groups (broad SMARTS) is 1. The second kappa shape index (κ2) is 9.75. The number of nitrogens with one attached hydrogen (secondary N) is 1. The van der Waals surface area contributed by atoms with Crippen molar-refractivity contribution in [2.24, 2.45) is 0 Å². The van der Waals surface area contributed by atoms with Crippen LogP contribution in [0, 0.1) is 0 Å². The molecule has 4 rings (SSSR count). The molecule has 160 valence electrons. The van der Waals surface area contributed by atoms with Gasteiger partial charge in [-0.05, 0) is 58.3 Å². The lowest BCUT2D eigenvalue weighted by Gasteiger charge is -2.15. The second-order valence-corrected chi connectivity index (χ2v) is 7.42. The average molecular weight is 426 g/mol. The minimum absolute atomic E-state index is 0.180. The summed E-state index contributed by atoms with van der Waals surface area (Å²) < 4.78 is 5.86. The summed E-state index contributed by atoms with van der Waals surface area (Å²) in [7, 11) is 0. The van der Waals surface area contributed by atoms with Gasteiger partial charge in [-0.2, -0.15) is 0 Å². The van der Waals surface area contributed by atoms with E-state index in [4.69, 9.17) is 4.74 Å². The number of ether oxygens (including phenoxy) is 1. The zero-order valence-corrected chi connectivity index (χ0v) is 17.3. The highest BCUT2D eigenvalue weighted by Gasteiger charge is 2.21. The van der Waals surface area contributed by atoms with Crippen LogP contribution in [0.1, 0.15) is 21.5 Å². The first kappa shape index (κ1) is 21.1. The van der Waals surface area contributed by atoms with Crippen LogP contribution in [-0.2, 0) is 17.8 Å². The summed E-state index contributed by atoms with van der Waals surface area (Å²) in [5.74, 6) is -0.782. The summed E-state index contributed by atoms with van der Waals surface area (Å²) >= 11 is 0. The molecule has 0 saturated carbocycles. The van der Waals surface area contributed by atoms with Crippen molar-refractivity contribution in [3.05, 3.63) is 108 Å². The minimum atomic E-state index is -1.09. The Morgan fingerprint density at radius 2 is 1.59 bits per heavy atom. The molecule has 0 aliphatic heterocycles. The number of amides is 1. The summed E-state index contributed by atoms with van der Waals surface area (Å²) in [5, 5.41) is 13.9. The number of fused-ring (bicyclic) bond motifs is 1. The molecule has 0 aliphatic carbocycles. The number of aliphatic carboxylic acids is 1. The molecule has 2 N–H and O–H groups in total. The number of hydrogen-bond donors (Lipinski definition) is 2. The Hall–Kier alpha value is -4.19. The number of aromatic nitrogens is 1. The van der Waals surface area contributed by atoms with E-state index in [2.05, 4.69) is 10.3 Å². The molecular formula is C26H22N2O4. The predicted molar refractivity (Wildman–Crippen MR) is 122 cm³/mol. The number of nitrogens with zero attached hydrogens (tertiary/aromatic N) is 1. The Labute approximate surface area is 185 Å². The van der Waals surface area contributed by atoms with Gasteiger partial charge in [0.05, 0.1) is 0 Å². The molecule has 6 nitrogen and oxygen atoms in total. The molecule has 1 unspecified atom stereocenters. The van der Waals surface area contributed by atoms with E-state index in [0.29, 0.717) is 12.2 Å². The van der Waals surface area contributed by atoms with E-state index in [9.17, 15) is 14.7 Å². The largest absolute Gasteiger partial charge is 0.489 e. The first-order valence-corrected chi connectivity index (χ1v) is 10.2. The van der Waals surface area contributed by atoms with Gasteiger partial charge in [0.25, 0.3) is 5.91 Å². The fraction of sp³-hybridized carbons (Fsp3) is 0.115. The monoisotopic (exact) mass is 426 g/mol. The Bertz CT molecular complexity index is 1230. The van der Waals surface area contributed by atoms with Crippen LogP contribution in [0.2, 0.25) is 0 Å². The van der Waals surface area contributed by atoms with Crippen LogP contribution in [0.3, 0.4) is 0 Å². The fourth-order valence-electron chi connectivity index (χ4n) is 3.39. The molecule has 0 saturated heterocycles. The van der Waals surface area contributed by atoms with Crippen LogP contribution < -0.4 is 10.1 Å². The van der Waals surface area contributed by atoms with E-state index in [1.807, 2.05) is 54.6 Å². The number of carboxylic acids is 1. The fourth-order valence-corrected chi connectivity index (χ4v) is 3.39. The number of rotatable bonds is 8. The highest BCUT2D eigenvalue weighted by atomic mass is 16.5. The number of carbonyl (C=O) groups is 2. The summed E-state index contributed by atoms with van der Waals surface area (Å²) in [6, 6.07) is 23.3. The van der Waals surface area contributed by atoms with Gasteiger partial charge < -0.3 is 15.2 Å². The maximum atomic E-state index is 12.7. The van der Waals surface area contributed by atoms with Crippen LogP contribution in [0.4, 0.5) is 0 Å². The standard InChI is InChI=1S/C26H22N2O4/c29-25(28-24(26(30)31)14-18-10-12-27-13-11-18)22-7-6-21-16-23(9-8-20(21)15-22)32-17-19-4-2-1-3-5-19/h1-13,15-16,24H,14,17H2,(H,28,29)(H,30,31). The average Bonchev–Trinajstić information content (AvgIpc) is 2.83. The molecule has 0 fully saturated rings. The molecule has 1 amide bonds. The second-order valence-electron chi connectivity index (χ2n) is 7.42. The van der Waals surface area contributed by atoms with Gasteiger partial charge in [0.2, 0.25) is 0 Å². The molecule has 1 aromatic heterocycles. The Morgan fingerprint density at radius 1 is 0.875 bits per heavy atom. The number of hydrogen-bond acceptors (Lipinski definition) is 4. The quantitative estimate of drug-likeness (QED) is 0.440. The maximum Gasteiger partial charge on any atom is 0.326 e. The highest BCUT2D eigenvalue weighted by molar-refractivity contribution is 6.00. The summed E-state index contributed by atoms with van der Waals surface area (Å²) in [6.07, 6.45) is 3.37. The lowest BCUT2D eigenvalue weighted by molar-refractivity contribution is -0.139. The van der Waals surface area contributed by atoms with Gasteiger partial charge in [0, 0.05) is 24.4 Å². The summed E-state index contributed by atoms with van der Waals surface area (Å²) in [4.78, 5) is 28.3. The molecule has 1 heterocycles. The molecule has 32 heavy (non-hydrogen) atoms. The van der Waals surface area contributed by atoms with E-state index in [-0.39, 0.29) is 6.42 Å². The van der Waals surface area contributed by atoms with Crippen LogP contribution in [0.15, 0.2) is 91.3 Å². The molecule has 0 radical (unpaired) electrons. The molecule has 0 spiro atoms. The van der Waals surface area contributed by atoms with Crippen molar-refractivity contribution in [3.63, 3.8) is 0 Å². The normalized spacial score (nSPS) is 11.6. The molecule has 6 heteroatoms. The lowest BCUT2D eigenvalue weighted by atomic mass is 10.0. The van der Waals surface area contributed by atoms with Gasteiger partial charge in [-0.25, -0.2) is 4.79 Å². The van der Waals surface area contributed by atoms with Crippen LogP contribution >= 0.6 is 0 Å². The smallest absolute Gasteiger partial charge is 0.326 e. The first-order chi connectivity index (χ1) is 15.6. The van der Waals surface area contributed by atoms with Crippen LogP contribution in [0.5, 0.6) is 5.75 Å². The van der Waals surface area contributed by atoms with E-state index >= 15 is 0 Å². The number of pyridine rings is 1. The van der Waals surface area contributed by atoms with Crippen molar-refractivity contribution in [1.29, 1.82) is 0 Å². The molecule has 3 aromatic carbocycles. The van der Waals surface area contributed by atoms with Crippen LogP contribution in [-0.4, -0.2) is 28.0 Å². The van der Waals surface area contributed by atoms with Gasteiger partial charge in [-0.3, -0.25) is 9.78 Å². The van der Waals surface area contributed by atoms with Gasteiger partial charge in [-0.1, -0.05) is 42.5 Å². The van der Waals surface area contributed by atoms with Crippen molar-refractivity contribution in [2.75, 3.05) is 0 Å². The molecule has 4 aromatic rings. The Kier molecular flexibility index (Phi) is 6.41. The van der Waals surface area contributed by atoms with Crippen molar-refractivity contribution in [1.82, 2.24) is 10.3 Å². The van der Waals surface area contributed by atoms with Gasteiger partial charge in [0.1, 0.15) is 18.4 Å². The summed E-state index contributed by atoms with van der Waals surface area (Å²) in [5.41, 5.74) is 2.27. The predicted octanol–water partition coefficient (Wildman–Crippen LogP) is 4.24. The molecule has 0 bridgehead atoms. The third kappa shape index (κ3) is 5.29. The van der Waals surface area contributed by atoms with Crippen molar-refractivity contribution in [2.45, 2.75) is 19.1 Å². The lowest BCUT2D eigenvalue weighted by Crippen LogP contribution is -2.42. The zero-order chi connectivity index (χ0) is 22.3. The van der Waals surface area contributed by atoms with Crippen molar-refractivity contribution in [3.8, 4) is 5.75 Å². The zero-order valence-electron chi connectivity index (χ0n) is 17.3. The highest BCUT2D eigenvalue weighted by Crippen LogP contribution is 2.23. The Balaban J connectivity index is 1.45. The minimum Gasteiger partial charge on any atom is -0.489 e.